The molecule has 0 aromatic heterocycles. The highest BCUT2D eigenvalue weighted by Gasteiger charge is 2.18. The second kappa shape index (κ2) is 5.13. The van der Waals surface area contributed by atoms with Gasteiger partial charge in [-0.1, -0.05) is 25.0 Å². The molecule has 1 fully saturated rings. The molecule has 1 N–H and O–H groups in total. The van der Waals surface area contributed by atoms with Crippen molar-refractivity contribution in [2.75, 3.05) is 0 Å². The van der Waals surface area contributed by atoms with Crippen LogP contribution in [0.15, 0.2) is 24.3 Å². The molecule has 2 rings (SSSR count). The Morgan fingerprint density at radius 3 is 2.47 bits per heavy atom. The summed E-state index contributed by atoms with van der Waals surface area (Å²) >= 11 is 0. The summed E-state index contributed by atoms with van der Waals surface area (Å²) < 4.78 is 0. The topological polar surface area (TPSA) is 46.2 Å². The molecule has 90 valence electrons. The molecule has 0 atom stereocenters. The van der Waals surface area contributed by atoms with Gasteiger partial charge in [0.2, 0.25) is 0 Å². The van der Waals surface area contributed by atoms with E-state index in [1.54, 1.807) is 24.3 Å². The SMILES string of the molecule is CC(=O)c1cccc(C(=O)NC2CCCC2)c1. The van der Waals surface area contributed by atoms with Crippen molar-refractivity contribution in [2.45, 2.75) is 38.6 Å². The molecular weight excluding hydrogens is 214 g/mol. The monoisotopic (exact) mass is 231 g/mol. The fraction of sp³-hybridized carbons (Fsp3) is 0.429. The van der Waals surface area contributed by atoms with Crippen LogP contribution in [0.25, 0.3) is 0 Å². The fourth-order valence-corrected chi connectivity index (χ4v) is 2.22. The first kappa shape index (κ1) is 11.8. The number of hydrogen-bond donors (Lipinski definition) is 1. The molecule has 1 saturated carbocycles. The van der Waals surface area contributed by atoms with Gasteiger partial charge in [0.15, 0.2) is 5.78 Å². The second-order valence-electron chi connectivity index (χ2n) is 4.59. The third kappa shape index (κ3) is 2.93. The van der Waals surface area contributed by atoms with E-state index < -0.39 is 0 Å². The van der Waals surface area contributed by atoms with Gasteiger partial charge in [-0.3, -0.25) is 9.59 Å². The summed E-state index contributed by atoms with van der Waals surface area (Å²) in [7, 11) is 0. The summed E-state index contributed by atoms with van der Waals surface area (Å²) in [5, 5.41) is 3.01. The van der Waals surface area contributed by atoms with Crippen LogP contribution >= 0.6 is 0 Å². The van der Waals surface area contributed by atoms with Gasteiger partial charge in [0.25, 0.3) is 5.91 Å². The predicted octanol–water partition coefficient (Wildman–Crippen LogP) is 2.56. The van der Waals surface area contributed by atoms with Crippen LogP contribution in [0.2, 0.25) is 0 Å². The molecule has 1 aromatic rings. The second-order valence-corrected chi connectivity index (χ2v) is 4.59. The van der Waals surface area contributed by atoms with Crippen molar-refractivity contribution in [3.05, 3.63) is 35.4 Å². The quantitative estimate of drug-likeness (QED) is 0.813. The fourth-order valence-electron chi connectivity index (χ4n) is 2.22. The normalized spacial score (nSPS) is 15.8. The average molecular weight is 231 g/mol. The van der Waals surface area contributed by atoms with Crippen molar-refractivity contribution in [3.8, 4) is 0 Å². The van der Waals surface area contributed by atoms with Gasteiger partial charge in [0.05, 0.1) is 0 Å². The summed E-state index contributed by atoms with van der Waals surface area (Å²) in [4.78, 5) is 23.2. The van der Waals surface area contributed by atoms with Crippen molar-refractivity contribution in [3.63, 3.8) is 0 Å². The van der Waals surface area contributed by atoms with Gasteiger partial charge in [-0.15, -0.1) is 0 Å². The Kier molecular flexibility index (Phi) is 3.57. The van der Waals surface area contributed by atoms with Gasteiger partial charge in [0.1, 0.15) is 0 Å². The molecule has 3 nitrogen and oxygen atoms in total. The van der Waals surface area contributed by atoms with Crippen molar-refractivity contribution in [1.82, 2.24) is 5.32 Å². The summed E-state index contributed by atoms with van der Waals surface area (Å²) in [6.45, 7) is 1.51. The highest BCUT2D eigenvalue weighted by Crippen LogP contribution is 2.18. The lowest BCUT2D eigenvalue weighted by Gasteiger charge is -2.12. The van der Waals surface area contributed by atoms with Gasteiger partial charge < -0.3 is 5.32 Å². The molecule has 0 aliphatic heterocycles. The van der Waals surface area contributed by atoms with Crippen LogP contribution in [0.3, 0.4) is 0 Å². The maximum absolute atomic E-state index is 12.0. The van der Waals surface area contributed by atoms with Crippen LogP contribution in [0, 0.1) is 0 Å². The first-order valence-corrected chi connectivity index (χ1v) is 6.08. The summed E-state index contributed by atoms with van der Waals surface area (Å²) in [6.07, 6.45) is 4.52. The van der Waals surface area contributed by atoms with E-state index in [4.69, 9.17) is 0 Å². The number of amides is 1. The molecular formula is C14H17NO2. The number of nitrogens with one attached hydrogen (secondary N) is 1. The Bertz CT molecular complexity index is 434. The zero-order chi connectivity index (χ0) is 12.3. The van der Waals surface area contributed by atoms with Crippen molar-refractivity contribution >= 4 is 11.7 Å². The van der Waals surface area contributed by atoms with E-state index in [0.717, 1.165) is 12.8 Å². The Morgan fingerprint density at radius 1 is 1.18 bits per heavy atom. The molecule has 0 bridgehead atoms. The summed E-state index contributed by atoms with van der Waals surface area (Å²) in [5.74, 6) is -0.0829. The number of Topliss-reactive ketones (excluding diaryl/α,β-unsaturated/α-hetero) is 1. The molecule has 3 heteroatoms. The van der Waals surface area contributed by atoms with Gasteiger partial charge in [0, 0.05) is 17.2 Å². The number of benzene rings is 1. The number of carbonyl (C=O) groups is 2. The molecule has 0 saturated heterocycles. The molecule has 0 radical (unpaired) electrons. The lowest BCUT2D eigenvalue weighted by atomic mass is 10.1. The van der Waals surface area contributed by atoms with E-state index in [1.807, 2.05) is 0 Å². The van der Waals surface area contributed by atoms with Gasteiger partial charge in [-0.05, 0) is 31.9 Å². The Balaban J connectivity index is 2.07. The zero-order valence-electron chi connectivity index (χ0n) is 10.0. The number of hydrogen-bond acceptors (Lipinski definition) is 2. The van der Waals surface area contributed by atoms with E-state index in [1.165, 1.54) is 19.8 Å². The van der Waals surface area contributed by atoms with Gasteiger partial charge in [-0.2, -0.15) is 0 Å². The maximum Gasteiger partial charge on any atom is 0.251 e. The number of ketones is 1. The van der Waals surface area contributed by atoms with Crippen LogP contribution in [-0.4, -0.2) is 17.7 Å². The van der Waals surface area contributed by atoms with Crippen molar-refractivity contribution in [2.24, 2.45) is 0 Å². The number of rotatable bonds is 3. The van der Waals surface area contributed by atoms with Crippen LogP contribution in [0.1, 0.15) is 53.3 Å². The van der Waals surface area contributed by atoms with Crippen molar-refractivity contribution in [1.29, 1.82) is 0 Å². The minimum Gasteiger partial charge on any atom is -0.349 e. The first-order chi connectivity index (χ1) is 8.16. The van der Waals surface area contributed by atoms with Crippen molar-refractivity contribution < 1.29 is 9.59 Å². The minimum atomic E-state index is -0.0694. The minimum absolute atomic E-state index is 0.0134. The Morgan fingerprint density at radius 2 is 1.82 bits per heavy atom. The Labute approximate surface area is 101 Å². The van der Waals surface area contributed by atoms with Crippen LogP contribution in [-0.2, 0) is 0 Å². The van der Waals surface area contributed by atoms with Crippen LogP contribution in [0.5, 0.6) is 0 Å². The predicted molar refractivity (Wildman–Crippen MR) is 66.2 cm³/mol. The molecule has 1 aliphatic rings. The average Bonchev–Trinajstić information content (AvgIpc) is 2.82. The van der Waals surface area contributed by atoms with E-state index in [0.29, 0.717) is 17.2 Å². The lowest BCUT2D eigenvalue weighted by molar-refractivity contribution is 0.0938. The highest BCUT2D eigenvalue weighted by atomic mass is 16.1. The summed E-state index contributed by atoms with van der Waals surface area (Å²) in [5.41, 5.74) is 1.16. The van der Waals surface area contributed by atoms with Crippen LogP contribution in [0.4, 0.5) is 0 Å². The molecule has 1 aromatic carbocycles. The third-order valence-corrected chi connectivity index (χ3v) is 3.22. The lowest BCUT2D eigenvalue weighted by Crippen LogP contribution is -2.32. The van der Waals surface area contributed by atoms with Crippen LogP contribution < -0.4 is 5.32 Å². The van der Waals surface area contributed by atoms with E-state index >= 15 is 0 Å². The molecule has 17 heavy (non-hydrogen) atoms. The standard InChI is InChI=1S/C14H17NO2/c1-10(16)11-5-4-6-12(9-11)14(17)15-13-7-2-3-8-13/h4-6,9,13H,2-3,7-8H2,1H3,(H,15,17). The van der Waals surface area contributed by atoms with E-state index in [9.17, 15) is 9.59 Å². The van der Waals surface area contributed by atoms with E-state index in [-0.39, 0.29) is 11.7 Å². The summed E-state index contributed by atoms with van der Waals surface area (Å²) in [6, 6.07) is 7.20. The number of carbonyl (C=O) groups excluding carboxylic acids is 2. The molecule has 1 aliphatic carbocycles. The zero-order valence-corrected chi connectivity index (χ0v) is 10.0. The molecule has 0 unspecified atom stereocenters. The van der Waals surface area contributed by atoms with E-state index in [2.05, 4.69) is 5.32 Å². The maximum atomic E-state index is 12.0. The molecule has 1 amide bonds. The molecule has 0 spiro atoms. The third-order valence-electron chi connectivity index (χ3n) is 3.22. The highest BCUT2D eigenvalue weighted by molar-refractivity contribution is 5.99. The van der Waals surface area contributed by atoms with Gasteiger partial charge >= 0.3 is 0 Å². The van der Waals surface area contributed by atoms with Gasteiger partial charge in [-0.25, -0.2) is 0 Å². The smallest absolute Gasteiger partial charge is 0.251 e. The largest absolute Gasteiger partial charge is 0.349 e. The molecule has 0 heterocycles. The Hall–Kier alpha value is -1.64. The first-order valence-electron chi connectivity index (χ1n) is 6.08.